The van der Waals surface area contributed by atoms with Gasteiger partial charge < -0.3 is 10.6 Å². The zero-order chi connectivity index (χ0) is 6.85. The van der Waals surface area contributed by atoms with Crippen LogP contribution in [0.1, 0.15) is 24.3 Å². The normalized spacial score (nSPS) is 9.10. The van der Waals surface area contributed by atoms with E-state index in [4.69, 9.17) is 4.42 Å². The number of hydrogen-bond donors (Lipinski definition) is 1. The third-order valence-corrected chi connectivity index (χ3v) is 1.32. The van der Waals surface area contributed by atoms with Gasteiger partial charge in [-0.15, -0.1) is 0 Å². The van der Waals surface area contributed by atoms with Crippen LogP contribution in [0.25, 0.3) is 0 Å². The summed E-state index contributed by atoms with van der Waals surface area (Å²) in [6, 6.07) is 0. The summed E-state index contributed by atoms with van der Waals surface area (Å²) >= 11 is 0. The molecule has 0 saturated heterocycles. The van der Waals surface area contributed by atoms with Crippen LogP contribution in [0.15, 0.2) is 4.42 Å². The van der Waals surface area contributed by atoms with Crippen molar-refractivity contribution in [1.82, 2.24) is 11.1 Å². The minimum Gasteiger partial charge on any atom is -0.446 e. The molecule has 0 unspecified atom stereocenters. The lowest BCUT2D eigenvalue weighted by Gasteiger charge is -1.85. The molecule has 1 heterocycles. The molecule has 0 saturated carbocycles. The van der Waals surface area contributed by atoms with Crippen LogP contribution >= 0.6 is 0 Å². The van der Waals surface area contributed by atoms with Crippen molar-refractivity contribution in [2.75, 3.05) is 0 Å². The van der Waals surface area contributed by atoms with Crippen molar-refractivity contribution in [2.45, 2.75) is 27.2 Å². The molecule has 0 bridgehead atoms. The van der Waals surface area contributed by atoms with Crippen LogP contribution in [0, 0.1) is 13.8 Å². The van der Waals surface area contributed by atoms with E-state index in [1.165, 1.54) is 0 Å². The topological polar surface area (TPSA) is 61.0 Å². The monoisotopic (exact) mass is 142 g/mol. The second-order valence-corrected chi connectivity index (χ2v) is 2.10. The van der Waals surface area contributed by atoms with Crippen molar-refractivity contribution in [3.8, 4) is 0 Å². The Morgan fingerprint density at radius 1 is 1.40 bits per heavy atom. The van der Waals surface area contributed by atoms with E-state index in [9.17, 15) is 0 Å². The van der Waals surface area contributed by atoms with Gasteiger partial charge in [0.2, 0.25) is 0 Å². The van der Waals surface area contributed by atoms with Gasteiger partial charge in [-0.2, -0.15) is 0 Å². The van der Waals surface area contributed by atoms with Crippen LogP contribution in [-0.4, -0.2) is 4.98 Å². The van der Waals surface area contributed by atoms with Gasteiger partial charge in [-0.1, -0.05) is 6.92 Å². The van der Waals surface area contributed by atoms with Gasteiger partial charge in [-0.25, -0.2) is 4.98 Å². The first-order valence-corrected chi connectivity index (χ1v) is 3.17. The Balaban J connectivity index is 0.000000810. The molecule has 1 rings (SSSR count). The Labute approximate surface area is 61.0 Å². The Kier molecular flexibility index (Phi) is 3.09. The van der Waals surface area contributed by atoms with E-state index in [-0.39, 0.29) is 6.15 Å². The number of hydrogen-bond acceptors (Lipinski definition) is 3. The molecule has 0 fully saturated rings. The Bertz CT molecular complexity index is 205. The van der Waals surface area contributed by atoms with Crippen molar-refractivity contribution in [3.63, 3.8) is 0 Å². The highest BCUT2D eigenvalue weighted by Crippen LogP contribution is 2.08. The van der Waals surface area contributed by atoms with E-state index >= 15 is 0 Å². The third-order valence-electron chi connectivity index (χ3n) is 1.32. The molecular formula is C7H14N2O. The second-order valence-electron chi connectivity index (χ2n) is 2.10. The predicted molar refractivity (Wildman–Crippen MR) is 40.4 cm³/mol. The van der Waals surface area contributed by atoms with Gasteiger partial charge >= 0.3 is 0 Å². The number of aryl methyl sites for hydroxylation is 3. The SMILES string of the molecule is CCc1oc(C)nc1C.N. The molecule has 0 aliphatic heterocycles. The third kappa shape index (κ3) is 1.57. The molecular weight excluding hydrogens is 128 g/mol. The first-order chi connectivity index (χ1) is 4.24. The Morgan fingerprint density at radius 3 is 2.20 bits per heavy atom. The molecule has 0 aromatic carbocycles. The molecule has 0 amide bonds. The largest absolute Gasteiger partial charge is 0.446 e. The van der Waals surface area contributed by atoms with E-state index in [2.05, 4.69) is 11.9 Å². The molecule has 3 nitrogen and oxygen atoms in total. The van der Waals surface area contributed by atoms with Gasteiger partial charge in [0.1, 0.15) is 5.76 Å². The van der Waals surface area contributed by atoms with Gasteiger partial charge in [0.05, 0.1) is 5.69 Å². The van der Waals surface area contributed by atoms with Crippen molar-refractivity contribution in [3.05, 3.63) is 17.3 Å². The molecule has 0 atom stereocenters. The molecule has 0 aliphatic carbocycles. The fraction of sp³-hybridized carbons (Fsp3) is 0.571. The van der Waals surface area contributed by atoms with E-state index in [0.717, 1.165) is 23.8 Å². The van der Waals surface area contributed by atoms with E-state index in [0.29, 0.717) is 0 Å². The lowest BCUT2D eigenvalue weighted by Crippen LogP contribution is -1.78. The minimum atomic E-state index is 0. The average Bonchev–Trinajstić information content (AvgIpc) is 2.10. The second kappa shape index (κ2) is 3.37. The van der Waals surface area contributed by atoms with Crippen LogP contribution in [-0.2, 0) is 6.42 Å². The van der Waals surface area contributed by atoms with Crippen LogP contribution < -0.4 is 6.15 Å². The summed E-state index contributed by atoms with van der Waals surface area (Å²) in [5.41, 5.74) is 1.02. The molecule has 1 aromatic heterocycles. The van der Waals surface area contributed by atoms with Crippen molar-refractivity contribution in [1.29, 1.82) is 0 Å². The van der Waals surface area contributed by atoms with Gasteiger partial charge in [0, 0.05) is 13.3 Å². The molecule has 0 aliphatic rings. The average molecular weight is 142 g/mol. The van der Waals surface area contributed by atoms with Crippen LogP contribution in [0.2, 0.25) is 0 Å². The Hall–Kier alpha value is -0.830. The first-order valence-electron chi connectivity index (χ1n) is 3.17. The summed E-state index contributed by atoms with van der Waals surface area (Å²) in [6.07, 6.45) is 0.937. The van der Waals surface area contributed by atoms with Crippen molar-refractivity contribution in [2.24, 2.45) is 0 Å². The summed E-state index contributed by atoms with van der Waals surface area (Å²) in [5.74, 6) is 1.77. The van der Waals surface area contributed by atoms with Crippen LogP contribution in [0.5, 0.6) is 0 Å². The van der Waals surface area contributed by atoms with E-state index < -0.39 is 0 Å². The van der Waals surface area contributed by atoms with E-state index in [1.807, 2.05) is 13.8 Å². The van der Waals surface area contributed by atoms with Gasteiger partial charge in [0.25, 0.3) is 0 Å². The zero-order valence-electron chi connectivity index (χ0n) is 6.77. The van der Waals surface area contributed by atoms with Crippen LogP contribution in [0.3, 0.4) is 0 Å². The molecule has 1 aromatic rings. The van der Waals surface area contributed by atoms with Crippen molar-refractivity contribution >= 4 is 0 Å². The molecule has 3 heteroatoms. The molecule has 3 N–H and O–H groups in total. The summed E-state index contributed by atoms with van der Waals surface area (Å²) in [5, 5.41) is 0. The maximum Gasteiger partial charge on any atom is 0.191 e. The standard InChI is InChI=1S/C7H11NO.H3N/c1-4-7-5(2)8-6(3)9-7;/h4H2,1-3H3;1H3. The highest BCUT2D eigenvalue weighted by molar-refractivity contribution is 5.06. The predicted octanol–water partition coefficient (Wildman–Crippen LogP) is 2.02. The zero-order valence-corrected chi connectivity index (χ0v) is 6.77. The summed E-state index contributed by atoms with van der Waals surface area (Å²) in [7, 11) is 0. The van der Waals surface area contributed by atoms with Gasteiger partial charge in [0.15, 0.2) is 5.89 Å². The maximum absolute atomic E-state index is 5.25. The fourth-order valence-corrected chi connectivity index (χ4v) is 0.901. The quantitative estimate of drug-likeness (QED) is 0.652. The summed E-state index contributed by atoms with van der Waals surface area (Å²) in [4.78, 5) is 4.12. The van der Waals surface area contributed by atoms with E-state index in [1.54, 1.807) is 0 Å². The van der Waals surface area contributed by atoms with Gasteiger partial charge in [-0.3, -0.25) is 0 Å². The highest BCUT2D eigenvalue weighted by atomic mass is 16.4. The Morgan fingerprint density at radius 2 is 2.00 bits per heavy atom. The lowest BCUT2D eigenvalue weighted by atomic mass is 10.3. The fourth-order valence-electron chi connectivity index (χ4n) is 0.901. The molecule has 10 heavy (non-hydrogen) atoms. The maximum atomic E-state index is 5.25. The molecule has 58 valence electrons. The minimum absolute atomic E-state index is 0. The van der Waals surface area contributed by atoms with Crippen LogP contribution in [0.4, 0.5) is 0 Å². The number of nitrogens with zero attached hydrogens (tertiary/aromatic N) is 1. The number of rotatable bonds is 1. The van der Waals surface area contributed by atoms with Crippen molar-refractivity contribution < 1.29 is 4.42 Å². The summed E-state index contributed by atoms with van der Waals surface area (Å²) < 4.78 is 5.25. The summed E-state index contributed by atoms with van der Waals surface area (Å²) in [6.45, 7) is 5.90. The van der Waals surface area contributed by atoms with Gasteiger partial charge in [-0.05, 0) is 6.92 Å². The number of oxazole rings is 1. The molecule has 0 radical (unpaired) electrons. The lowest BCUT2D eigenvalue weighted by molar-refractivity contribution is 0.478. The highest BCUT2D eigenvalue weighted by Gasteiger charge is 2.01. The number of aromatic nitrogens is 1. The smallest absolute Gasteiger partial charge is 0.191 e. The molecule has 0 spiro atoms. The first kappa shape index (κ1) is 9.17.